The molecule has 238 valence electrons. The van der Waals surface area contributed by atoms with Gasteiger partial charge in [0.2, 0.25) is 0 Å². The lowest BCUT2D eigenvalue weighted by Gasteiger charge is -2.58. The number of nitrogens with one attached hydrogen (secondary N) is 1. The third-order valence-corrected chi connectivity index (χ3v) is 9.39. The number of amides is 1. The molecule has 2 aliphatic heterocycles. The second-order valence-corrected chi connectivity index (χ2v) is 13.2. The summed E-state index contributed by atoms with van der Waals surface area (Å²) in [6, 6.07) is 4.18. The lowest BCUT2D eigenvalue weighted by molar-refractivity contribution is -0.120. The lowest BCUT2D eigenvalue weighted by Crippen LogP contribution is -2.65. The first-order valence-corrected chi connectivity index (χ1v) is 15.5. The van der Waals surface area contributed by atoms with E-state index in [1.54, 1.807) is 20.0 Å². The van der Waals surface area contributed by atoms with Gasteiger partial charge in [-0.2, -0.15) is 4.98 Å². The number of anilines is 1. The molecule has 0 bridgehead atoms. The van der Waals surface area contributed by atoms with Gasteiger partial charge < -0.3 is 24.6 Å². The Morgan fingerprint density at radius 2 is 1.91 bits per heavy atom. The highest BCUT2D eigenvalue weighted by Gasteiger charge is 2.54. The van der Waals surface area contributed by atoms with Crippen LogP contribution in [-0.2, 0) is 13.0 Å². The van der Waals surface area contributed by atoms with Crippen molar-refractivity contribution in [2.24, 2.45) is 5.41 Å². The average Bonchev–Trinajstić information content (AvgIpc) is 2.94. The van der Waals surface area contributed by atoms with Gasteiger partial charge in [0.05, 0.1) is 11.3 Å². The quantitative estimate of drug-likeness (QED) is 0.355. The predicted octanol–water partition coefficient (Wildman–Crippen LogP) is 5.19. The van der Waals surface area contributed by atoms with Crippen molar-refractivity contribution in [2.45, 2.75) is 76.6 Å². The molecule has 4 aliphatic rings. The van der Waals surface area contributed by atoms with Gasteiger partial charge in [-0.3, -0.25) is 9.78 Å². The van der Waals surface area contributed by atoms with Crippen LogP contribution < -0.4 is 19.7 Å². The van der Waals surface area contributed by atoms with Crippen molar-refractivity contribution in [3.8, 4) is 17.5 Å². The van der Waals surface area contributed by atoms with E-state index in [2.05, 4.69) is 25.5 Å². The molecular weight excluding hydrogens is 611 g/mol. The Bertz CT molecular complexity index is 1620. The van der Waals surface area contributed by atoms with Crippen LogP contribution in [0.5, 0.6) is 17.5 Å². The molecule has 14 heteroatoms. The maximum Gasteiger partial charge on any atom is 0.343 e. The van der Waals surface area contributed by atoms with Crippen LogP contribution >= 0.6 is 11.6 Å². The van der Waals surface area contributed by atoms with E-state index in [1.165, 1.54) is 16.5 Å². The van der Waals surface area contributed by atoms with Crippen LogP contribution in [0.15, 0.2) is 30.5 Å². The Balaban J connectivity index is 1.02. The highest BCUT2D eigenvalue weighted by atomic mass is 35.5. The molecule has 0 radical (unpaired) electrons. The molecule has 1 N–H and O–H groups in total. The molecule has 10 nitrogen and oxygen atoms in total. The van der Waals surface area contributed by atoms with Crippen molar-refractivity contribution >= 4 is 23.3 Å². The van der Waals surface area contributed by atoms with Gasteiger partial charge in [-0.25, -0.2) is 13.2 Å². The van der Waals surface area contributed by atoms with Gasteiger partial charge in [0.25, 0.3) is 11.8 Å². The summed E-state index contributed by atoms with van der Waals surface area (Å²) >= 11 is 6.38. The number of carbonyl (C=O) groups excluding carboxylic acids is 1. The maximum absolute atomic E-state index is 14.3. The monoisotopic (exact) mass is 643 g/mol. The molecule has 45 heavy (non-hydrogen) atoms. The minimum Gasteiger partial charge on any atom is -0.490 e. The first-order valence-electron chi connectivity index (χ1n) is 15.2. The number of hydrogen-bond acceptors (Lipinski definition) is 9. The second-order valence-electron chi connectivity index (χ2n) is 12.8. The second kappa shape index (κ2) is 11.3. The number of fused-ring (bicyclic) bond motifs is 1. The van der Waals surface area contributed by atoms with Crippen LogP contribution in [0.2, 0.25) is 5.15 Å². The number of rotatable bonds is 8. The van der Waals surface area contributed by atoms with E-state index in [9.17, 15) is 18.0 Å². The fourth-order valence-corrected chi connectivity index (χ4v) is 7.19. The molecule has 1 saturated heterocycles. The summed E-state index contributed by atoms with van der Waals surface area (Å²) in [5.74, 6) is -2.80. The smallest absolute Gasteiger partial charge is 0.343 e. The van der Waals surface area contributed by atoms with Gasteiger partial charge in [0, 0.05) is 61.7 Å². The number of benzene rings is 1. The van der Waals surface area contributed by atoms with E-state index >= 15 is 0 Å². The Kier molecular flexibility index (Phi) is 7.51. The lowest BCUT2D eigenvalue weighted by atomic mass is 9.61. The molecule has 3 fully saturated rings. The van der Waals surface area contributed by atoms with Crippen LogP contribution in [0, 0.1) is 11.2 Å². The number of nitrogens with zero attached hydrogens (tertiary/aromatic N) is 6. The summed E-state index contributed by atoms with van der Waals surface area (Å²) in [7, 11) is 0. The van der Waals surface area contributed by atoms with Crippen LogP contribution in [0.3, 0.4) is 0 Å². The predicted molar refractivity (Wildman–Crippen MR) is 159 cm³/mol. The molecule has 0 atom stereocenters. The Hall–Kier alpha value is -3.71. The van der Waals surface area contributed by atoms with Crippen molar-refractivity contribution in [2.75, 3.05) is 24.5 Å². The van der Waals surface area contributed by atoms with Crippen molar-refractivity contribution in [1.29, 1.82) is 0 Å². The molecule has 1 aromatic carbocycles. The first kappa shape index (κ1) is 30.0. The first-order chi connectivity index (χ1) is 21.5. The standard InChI is InChI=1S/C31H33ClF3N7O3/c1-17(2)42(19-10-31(34,35)11-19)28(43)22-9-18(33)3-4-24(22)45-29-38-27(26(32)39-40-29)41-15-30(16-41)12-20(13-30)44-25-6-8-37-23-14-36-7-5-21(23)25/h3-4,6,8-9,17,19-20,36H,5,7,10-16H2,1-2H3. The highest BCUT2D eigenvalue weighted by molar-refractivity contribution is 6.31. The highest BCUT2D eigenvalue weighted by Crippen LogP contribution is 2.51. The van der Waals surface area contributed by atoms with Crippen LogP contribution in [0.25, 0.3) is 0 Å². The van der Waals surface area contributed by atoms with Crippen molar-refractivity contribution < 1.29 is 27.4 Å². The zero-order valence-electron chi connectivity index (χ0n) is 24.9. The summed E-state index contributed by atoms with van der Waals surface area (Å²) in [5, 5.41) is 11.4. The summed E-state index contributed by atoms with van der Waals surface area (Å²) < 4.78 is 53.8. The van der Waals surface area contributed by atoms with E-state index in [-0.39, 0.29) is 34.0 Å². The number of halogens is 4. The summed E-state index contributed by atoms with van der Waals surface area (Å²) in [5.41, 5.74) is 2.20. The van der Waals surface area contributed by atoms with E-state index < -0.39 is 42.6 Å². The van der Waals surface area contributed by atoms with E-state index in [1.807, 2.05) is 11.0 Å². The summed E-state index contributed by atoms with van der Waals surface area (Å²) in [4.78, 5) is 25.8. The zero-order valence-corrected chi connectivity index (χ0v) is 25.7. The van der Waals surface area contributed by atoms with Crippen molar-refractivity contribution in [1.82, 2.24) is 30.4 Å². The molecule has 3 aromatic rings. The van der Waals surface area contributed by atoms with E-state index in [0.717, 1.165) is 55.9 Å². The molecule has 1 spiro atoms. The number of ether oxygens (including phenoxy) is 2. The molecule has 2 aliphatic carbocycles. The number of pyridine rings is 1. The fourth-order valence-electron chi connectivity index (χ4n) is 6.99. The fraction of sp³-hybridized carbons (Fsp3) is 0.516. The zero-order chi connectivity index (χ0) is 31.5. The molecule has 0 unspecified atom stereocenters. The van der Waals surface area contributed by atoms with Crippen LogP contribution in [0.1, 0.15) is 61.1 Å². The minimum absolute atomic E-state index is 0.0126. The largest absolute Gasteiger partial charge is 0.490 e. The van der Waals surface area contributed by atoms with Crippen LogP contribution in [0.4, 0.5) is 19.0 Å². The molecule has 2 saturated carbocycles. The van der Waals surface area contributed by atoms with Crippen molar-refractivity contribution in [3.63, 3.8) is 0 Å². The van der Waals surface area contributed by atoms with Gasteiger partial charge in [-0.05, 0) is 63.9 Å². The molecule has 4 heterocycles. The van der Waals surface area contributed by atoms with E-state index in [0.29, 0.717) is 18.9 Å². The number of hydrogen-bond donors (Lipinski definition) is 1. The van der Waals surface area contributed by atoms with Gasteiger partial charge in [-0.15, -0.1) is 5.10 Å². The normalized spacial score (nSPS) is 20.2. The Morgan fingerprint density at radius 1 is 1.13 bits per heavy atom. The summed E-state index contributed by atoms with van der Waals surface area (Å²) in [6.07, 6.45) is 3.74. The minimum atomic E-state index is -2.82. The molecule has 2 aromatic heterocycles. The number of alkyl halides is 2. The van der Waals surface area contributed by atoms with Gasteiger partial charge in [-0.1, -0.05) is 16.7 Å². The van der Waals surface area contributed by atoms with Crippen LogP contribution in [-0.4, -0.2) is 74.7 Å². The van der Waals surface area contributed by atoms with E-state index in [4.69, 9.17) is 21.1 Å². The van der Waals surface area contributed by atoms with Crippen molar-refractivity contribution in [3.05, 3.63) is 58.3 Å². The Morgan fingerprint density at radius 3 is 2.64 bits per heavy atom. The SMILES string of the molecule is CC(C)N(C(=O)c1cc(F)ccc1Oc1nnc(Cl)c(N2CC3(CC(Oc4ccnc5c4CCNC5)C3)C2)n1)C1CC(F)(F)C1. The van der Waals surface area contributed by atoms with Gasteiger partial charge in [0.15, 0.2) is 11.0 Å². The van der Waals surface area contributed by atoms with Gasteiger partial charge in [0.1, 0.15) is 23.4 Å². The Labute approximate surface area is 263 Å². The maximum atomic E-state index is 14.3. The third-order valence-electron chi connectivity index (χ3n) is 9.15. The average molecular weight is 644 g/mol. The number of carbonyl (C=O) groups is 1. The molecular formula is C31H33ClF3N7O3. The van der Waals surface area contributed by atoms with Gasteiger partial charge >= 0.3 is 6.01 Å². The summed E-state index contributed by atoms with van der Waals surface area (Å²) in [6.45, 7) is 6.54. The number of aromatic nitrogens is 4. The molecule has 7 rings (SSSR count). The third kappa shape index (κ3) is 5.76. The molecule has 1 amide bonds. The topological polar surface area (TPSA) is 106 Å².